The van der Waals surface area contributed by atoms with Gasteiger partial charge in [0.05, 0.1) is 17.8 Å². The van der Waals surface area contributed by atoms with E-state index < -0.39 is 0 Å². The number of nitrogens with one attached hydrogen (secondary N) is 2. The molecule has 2 N–H and O–H groups in total. The summed E-state index contributed by atoms with van der Waals surface area (Å²) in [6, 6.07) is 15.6. The third kappa shape index (κ3) is 4.90. The van der Waals surface area contributed by atoms with E-state index in [0.29, 0.717) is 10.1 Å². The molecule has 116 valence electrons. The summed E-state index contributed by atoms with van der Waals surface area (Å²) in [7, 11) is 1.69. The number of rotatable bonds is 6. The zero-order chi connectivity index (χ0) is 15.8. The number of aryl methyl sites for hydroxylation is 1. The van der Waals surface area contributed by atoms with Crippen LogP contribution in [0.4, 0.5) is 5.69 Å². The lowest BCUT2D eigenvalue weighted by Gasteiger charge is -2.12. The van der Waals surface area contributed by atoms with Crippen molar-refractivity contribution in [3.63, 3.8) is 0 Å². The van der Waals surface area contributed by atoms with Crippen molar-refractivity contribution in [1.82, 2.24) is 5.32 Å². The molecule has 0 saturated carbocycles. The maximum absolute atomic E-state index is 6.08. The molecule has 0 atom stereocenters. The molecule has 5 heteroatoms. The van der Waals surface area contributed by atoms with E-state index in [1.54, 1.807) is 7.11 Å². The predicted octanol–water partition coefficient (Wildman–Crippen LogP) is 4.27. The Hall–Kier alpha value is -1.78. The minimum Gasteiger partial charge on any atom is -0.496 e. The van der Waals surface area contributed by atoms with Crippen LogP contribution in [0.15, 0.2) is 48.5 Å². The fraction of sp³-hybridized carbons (Fsp3) is 0.235. The van der Waals surface area contributed by atoms with E-state index in [1.807, 2.05) is 42.5 Å². The van der Waals surface area contributed by atoms with Gasteiger partial charge >= 0.3 is 0 Å². The molecule has 2 rings (SSSR count). The third-order valence-electron chi connectivity index (χ3n) is 3.22. The van der Waals surface area contributed by atoms with E-state index in [0.717, 1.165) is 30.8 Å². The molecule has 0 amide bonds. The SMILES string of the molecule is COc1ccccc1CCCNC(=S)Nc1ccccc1Cl. The smallest absolute Gasteiger partial charge is 0.170 e. The van der Waals surface area contributed by atoms with Crippen LogP contribution in [0.25, 0.3) is 0 Å². The normalized spacial score (nSPS) is 10.1. The van der Waals surface area contributed by atoms with E-state index in [4.69, 9.17) is 28.6 Å². The lowest BCUT2D eigenvalue weighted by molar-refractivity contribution is 0.409. The molecule has 0 aliphatic heterocycles. The Morgan fingerprint density at radius 1 is 1.14 bits per heavy atom. The number of benzene rings is 2. The highest BCUT2D eigenvalue weighted by atomic mass is 35.5. The molecule has 0 unspecified atom stereocenters. The standard InChI is InChI=1S/C17H19ClN2OS/c1-21-16-11-5-2-7-13(16)8-6-12-19-17(22)20-15-10-4-3-9-14(15)18/h2-5,7,9-11H,6,8,12H2,1H3,(H2,19,20,22). The quantitative estimate of drug-likeness (QED) is 0.610. The molecular weight excluding hydrogens is 316 g/mol. The van der Waals surface area contributed by atoms with E-state index in [1.165, 1.54) is 5.56 Å². The number of para-hydroxylation sites is 2. The average Bonchev–Trinajstić information content (AvgIpc) is 2.54. The van der Waals surface area contributed by atoms with Crippen molar-refractivity contribution in [2.24, 2.45) is 0 Å². The van der Waals surface area contributed by atoms with E-state index in [2.05, 4.69) is 16.7 Å². The Kier molecular flexibility index (Phi) is 6.49. The maximum atomic E-state index is 6.08. The van der Waals surface area contributed by atoms with Gasteiger partial charge in [-0.2, -0.15) is 0 Å². The summed E-state index contributed by atoms with van der Waals surface area (Å²) in [5.41, 5.74) is 2.02. The molecule has 22 heavy (non-hydrogen) atoms. The van der Waals surface area contributed by atoms with Gasteiger partial charge in [-0.25, -0.2) is 0 Å². The highest BCUT2D eigenvalue weighted by Crippen LogP contribution is 2.20. The summed E-state index contributed by atoms with van der Waals surface area (Å²) >= 11 is 11.3. The number of hydrogen-bond donors (Lipinski definition) is 2. The summed E-state index contributed by atoms with van der Waals surface area (Å²) in [6.45, 7) is 0.786. The Labute approximate surface area is 141 Å². The van der Waals surface area contributed by atoms with Crippen LogP contribution in [-0.2, 0) is 6.42 Å². The van der Waals surface area contributed by atoms with Crippen molar-refractivity contribution in [2.75, 3.05) is 19.0 Å². The van der Waals surface area contributed by atoms with Crippen molar-refractivity contribution in [1.29, 1.82) is 0 Å². The molecule has 0 aromatic heterocycles. The van der Waals surface area contributed by atoms with Crippen LogP contribution in [0, 0.1) is 0 Å². The second-order valence-corrected chi connectivity index (χ2v) is 5.59. The monoisotopic (exact) mass is 334 g/mol. The lowest BCUT2D eigenvalue weighted by atomic mass is 10.1. The first-order valence-electron chi connectivity index (χ1n) is 7.12. The van der Waals surface area contributed by atoms with Gasteiger partial charge in [-0.3, -0.25) is 0 Å². The lowest BCUT2D eigenvalue weighted by Crippen LogP contribution is -2.29. The van der Waals surface area contributed by atoms with E-state index in [9.17, 15) is 0 Å². The fourth-order valence-corrected chi connectivity index (χ4v) is 2.51. The van der Waals surface area contributed by atoms with Crippen LogP contribution in [0.1, 0.15) is 12.0 Å². The van der Waals surface area contributed by atoms with Crippen LogP contribution >= 0.6 is 23.8 Å². The number of hydrogen-bond acceptors (Lipinski definition) is 2. The van der Waals surface area contributed by atoms with Crippen molar-refractivity contribution >= 4 is 34.6 Å². The first kappa shape index (κ1) is 16.6. The average molecular weight is 335 g/mol. The van der Waals surface area contributed by atoms with Gasteiger partial charge in [-0.1, -0.05) is 41.9 Å². The molecule has 0 radical (unpaired) electrons. The Bertz CT molecular complexity index is 634. The van der Waals surface area contributed by atoms with E-state index >= 15 is 0 Å². The Morgan fingerprint density at radius 3 is 2.64 bits per heavy atom. The fourth-order valence-electron chi connectivity index (χ4n) is 2.12. The molecular formula is C17H19ClN2OS. The number of anilines is 1. The second-order valence-electron chi connectivity index (χ2n) is 4.78. The van der Waals surface area contributed by atoms with Gasteiger partial charge in [-0.05, 0) is 48.8 Å². The van der Waals surface area contributed by atoms with Gasteiger partial charge in [0.2, 0.25) is 0 Å². The molecule has 0 heterocycles. The summed E-state index contributed by atoms with van der Waals surface area (Å²) in [5.74, 6) is 0.930. The van der Waals surface area contributed by atoms with Gasteiger partial charge in [0.1, 0.15) is 5.75 Å². The Balaban J connectivity index is 1.75. The molecule has 2 aromatic carbocycles. The molecule has 3 nitrogen and oxygen atoms in total. The number of halogens is 1. The van der Waals surface area contributed by atoms with E-state index in [-0.39, 0.29) is 0 Å². The summed E-state index contributed by atoms with van der Waals surface area (Å²) < 4.78 is 5.34. The summed E-state index contributed by atoms with van der Waals surface area (Å²) in [5, 5.41) is 7.51. The topological polar surface area (TPSA) is 33.3 Å². The minimum atomic E-state index is 0.577. The highest BCUT2D eigenvalue weighted by molar-refractivity contribution is 7.80. The van der Waals surface area contributed by atoms with Crippen molar-refractivity contribution in [3.05, 3.63) is 59.1 Å². The van der Waals surface area contributed by atoms with Gasteiger partial charge in [0, 0.05) is 6.54 Å². The maximum Gasteiger partial charge on any atom is 0.170 e. The molecule has 0 saturated heterocycles. The molecule has 0 bridgehead atoms. The third-order valence-corrected chi connectivity index (χ3v) is 3.80. The minimum absolute atomic E-state index is 0.577. The molecule has 2 aromatic rings. The van der Waals surface area contributed by atoms with Gasteiger partial charge in [0.15, 0.2) is 5.11 Å². The Morgan fingerprint density at radius 2 is 1.86 bits per heavy atom. The van der Waals surface area contributed by atoms with Crippen molar-refractivity contribution < 1.29 is 4.74 Å². The van der Waals surface area contributed by atoms with Gasteiger partial charge < -0.3 is 15.4 Å². The zero-order valence-corrected chi connectivity index (χ0v) is 14.0. The van der Waals surface area contributed by atoms with Crippen LogP contribution in [0.3, 0.4) is 0 Å². The zero-order valence-electron chi connectivity index (χ0n) is 12.4. The van der Waals surface area contributed by atoms with Crippen molar-refractivity contribution in [3.8, 4) is 5.75 Å². The first-order valence-corrected chi connectivity index (χ1v) is 7.90. The summed E-state index contributed by atoms with van der Waals surface area (Å²) in [4.78, 5) is 0. The molecule has 0 spiro atoms. The number of thiocarbonyl (C=S) groups is 1. The van der Waals surface area contributed by atoms with Crippen LogP contribution < -0.4 is 15.4 Å². The molecule has 0 fully saturated rings. The first-order chi connectivity index (χ1) is 10.7. The van der Waals surface area contributed by atoms with Crippen LogP contribution in [-0.4, -0.2) is 18.8 Å². The predicted molar refractivity (Wildman–Crippen MR) is 97.0 cm³/mol. The van der Waals surface area contributed by atoms with Crippen molar-refractivity contribution in [2.45, 2.75) is 12.8 Å². The molecule has 0 aliphatic carbocycles. The number of ether oxygens (including phenoxy) is 1. The molecule has 0 aliphatic rings. The van der Waals surface area contributed by atoms with Crippen LogP contribution in [0.2, 0.25) is 5.02 Å². The van der Waals surface area contributed by atoms with Crippen LogP contribution in [0.5, 0.6) is 5.75 Å². The van der Waals surface area contributed by atoms with Gasteiger partial charge in [0.25, 0.3) is 0 Å². The largest absolute Gasteiger partial charge is 0.496 e. The highest BCUT2D eigenvalue weighted by Gasteiger charge is 2.03. The number of methoxy groups -OCH3 is 1. The summed E-state index contributed by atoms with van der Waals surface area (Å²) in [6.07, 6.45) is 1.90. The van der Waals surface area contributed by atoms with Gasteiger partial charge in [-0.15, -0.1) is 0 Å². The second kappa shape index (κ2) is 8.61.